The Morgan fingerprint density at radius 1 is 1.25 bits per heavy atom. The molecule has 0 bridgehead atoms. The van der Waals surface area contributed by atoms with Crippen LogP contribution in [-0.2, 0) is 11.2 Å². The molecule has 2 aliphatic heterocycles. The molecule has 1 aromatic carbocycles. The van der Waals surface area contributed by atoms with Gasteiger partial charge in [0.05, 0.1) is 6.42 Å². The van der Waals surface area contributed by atoms with Gasteiger partial charge in [0.25, 0.3) is 0 Å². The van der Waals surface area contributed by atoms with Crippen LogP contribution in [0.3, 0.4) is 0 Å². The Hall–Kier alpha value is -0.810. The normalized spacial score (nSPS) is 24.7. The molecule has 1 atom stereocenters. The van der Waals surface area contributed by atoms with Gasteiger partial charge in [-0.25, -0.2) is 0 Å². The maximum atomic E-state index is 12.5. The van der Waals surface area contributed by atoms with Crippen LogP contribution in [0.25, 0.3) is 0 Å². The van der Waals surface area contributed by atoms with Gasteiger partial charge in [0.15, 0.2) is 0 Å². The van der Waals surface area contributed by atoms with Gasteiger partial charge in [-0.05, 0) is 30.0 Å². The van der Waals surface area contributed by atoms with Crippen molar-refractivity contribution in [1.29, 1.82) is 0 Å². The van der Waals surface area contributed by atoms with Gasteiger partial charge in [-0.1, -0.05) is 36.7 Å². The van der Waals surface area contributed by atoms with Crippen molar-refractivity contribution in [3.8, 4) is 0 Å². The Morgan fingerprint density at radius 2 is 1.96 bits per heavy atom. The van der Waals surface area contributed by atoms with E-state index < -0.39 is 0 Å². The zero-order chi connectivity index (χ0) is 16.3. The molecule has 0 radical (unpaired) electrons. The number of benzene rings is 1. The van der Waals surface area contributed by atoms with E-state index in [1.54, 1.807) is 0 Å². The van der Waals surface area contributed by atoms with Crippen molar-refractivity contribution < 1.29 is 4.79 Å². The summed E-state index contributed by atoms with van der Waals surface area (Å²) >= 11 is 6.16. The maximum Gasteiger partial charge on any atom is 0.227 e. The molecule has 0 aliphatic carbocycles. The molecule has 2 fully saturated rings. The van der Waals surface area contributed by atoms with Gasteiger partial charge < -0.3 is 10.2 Å². The van der Waals surface area contributed by atoms with Gasteiger partial charge >= 0.3 is 0 Å². The third-order valence-corrected chi connectivity index (χ3v) is 5.46. The predicted molar refractivity (Wildman–Crippen MR) is 101 cm³/mol. The Bertz CT molecular complexity index is 553. The van der Waals surface area contributed by atoms with E-state index in [1.165, 1.54) is 6.42 Å². The molecular weight excluding hydrogens is 345 g/mol. The molecule has 1 aromatic rings. The van der Waals surface area contributed by atoms with Crippen LogP contribution in [0.5, 0.6) is 0 Å². The number of piperazine rings is 1. The minimum absolute atomic E-state index is 0. The number of carbonyl (C=O) groups excluding carboxylic acids is 1. The van der Waals surface area contributed by atoms with Crippen LogP contribution in [0.2, 0.25) is 5.02 Å². The molecule has 0 aromatic heterocycles. The van der Waals surface area contributed by atoms with Crippen LogP contribution >= 0.6 is 24.0 Å². The average Bonchev–Trinajstić information content (AvgIpc) is 2.96. The first-order valence-electron chi connectivity index (χ1n) is 8.50. The molecule has 2 saturated heterocycles. The van der Waals surface area contributed by atoms with E-state index >= 15 is 0 Å². The summed E-state index contributed by atoms with van der Waals surface area (Å²) in [5.74, 6) is 0.187. The van der Waals surface area contributed by atoms with Gasteiger partial charge in [0, 0.05) is 44.3 Å². The Labute approximate surface area is 155 Å². The monoisotopic (exact) mass is 371 g/mol. The molecule has 4 nitrogen and oxygen atoms in total. The lowest BCUT2D eigenvalue weighted by atomic mass is 9.89. The first-order chi connectivity index (χ1) is 11.1. The van der Waals surface area contributed by atoms with Crippen LogP contribution in [0.1, 0.15) is 18.9 Å². The van der Waals surface area contributed by atoms with Crippen LogP contribution in [-0.4, -0.2) is 61.5 Å². The largest absolute Gasteiger partial charge is 0.340 e. The van der Waals surface area contributed by atoms with Crippen LogP contribution in [0.4, 0.5) is 0 Å². The van der Waals surface area contributed by atoms with Crippen LogP contribution in [0, 0.1) is 5.41 Å². The van der Waals surface area contributed by atoms with Crippen molar-refractivity contribution in [3.63, 3.8) is 0 Å². The summed E-state index contributed by atoms with van der Waals surface area (Å²) in [6, 6.07) is 7.61. The molecule has 1 unspecified atom stereocenters. The van der Waals surface area contributed by atoms with Crippen molar-refractivity contribution in [1.82, 2.24) is 15.1 Å². The topological polar surface area (TPSA) is 35.6 Å². The lowest BCUT2D eigenvalue weighted by molar-refractivity contribution is -0.132. The Kier molecular flexibility index (Phi) is 6.93. The number of hydrogen-bond acceptors (Lipinski definition) is 3. The lowest BCUT2D eigenvalue weighted by Gasteiger charge is -2.38. The summed E-state index contributed by atoms with van der Waals surface area (Å²) in [7, 11) is 0. The van der Waals surface area contributed by atoms with Gasteiger partial charge in [-0.3, -0.25) is 9.69 Å². The molecule has 1 N–H and O–H groups in total. The number of nitrogens with zero attached hydrogens (tertiary/aromatic N) is 2. The fourth-order valence-electron chi connectivity index (χ4n) is 3.62. The minimum atomic E-state index is 0. The summed E-state index contributed by atoms with van der Waals surface area (Å²) in [4.78, 5) is 17.0. The smallest absolute Gasteiger partial charge is 0.227 e. The van der Waals surface area contributed by atoms with Crippen LogP contribution in [0.15, 0.2) is 24.3 Å². The predicted octanol–water partition coefficient (Wildman–Crippen LogP) is 2.45. The Balaban J connectivity index is 0.00000208. The second-order valence-electron chi connectivity index (χ2n) is 7.16. The van der Waals surface area contributed by atoms with E-state index in [4.69, 9.17) is 11.6 Å². The molecule has 1 amide bonds. The fraction of sp³-hybridized carbons (Fsp3) is 0.611. The molecule has 0 saturated carbocycles. The quantitative estimate of drug-likeness (QED) is 0.882. The zero-order valence-electron chi connectivity index (χ0n) is 14.3. The summed E-state index contributed by atoms with van der Waals surface area (Å²) in [6.07, 6.45) is 1.65. The second kappa shape index (κ2) is 8.52. The number of rotatable bonds is 4. The molecule has 2 aliphatic rings. The standard InChI is InChI=1S/C18H26ClN3O.ClH/c1-18(6-7-20-13-18)14-21-8-10-22(11-9-21)17(23)12-15-4-2-3-5-16(15)19;/h2-5,20H,6-14H2,1H3;1H. The van der Waals surface area contributed by atoms with Gasteiger partial charge in [-0.15, -0.1) is 12.4 Å². The maximum absolute atomic E-state index is 12.5. The second-order valence-corrected chi connectivity index (χ2v) is 7.57. The van der Waals surface area contributed by atoms with Gasteiger partial charge in [0.1, 0.15) is 0 Å². The van der Waals surface area contributed by atoms with Gasteiger partial charge in [-0.2, -0.15) is 0 Å². The van der Waals surface area contributed by atoms with E-state index in [9.17, 15) is 4.79 Å². The minimum Gasteiger partial charge on any atom is -0.340 e. The SMILES string of the molecule is CC1(CN2CCN(C(=O)Cc3ccccc3Cl)CC2)CCNC1.Cl. The molecule has 134 valence electrons. The molecule has 3 rings (SSSR count). The van der Waals surface area contributed by atoms with Gasteiger partial charge in [0.2, 0.25) is 5.91 Å². The molecule has 2 heterocycles. The highest BCUT2D eigenvalue weighted by atomic mass is 35.5. The summed E-state index contributed by atoms with van der Waals surface area (Å²) in [6.45, 7) is 9.34. The first kappa shape index (κ1) is 19.5. The van der Waals surface area contributed by atoms with E-state index in [0.717, 1.165) is 51.4 Å². The van der Waals surface area contributed by atoms with E-state index in [2.05, 4.69) is 17.1 Å². The van der Waals surface area contributed by atoms with Crippen molar-refractivity contribution in [2.45, 2.75) is 19.8 Å². The molecular formula is C18H27Cl2N3O. The number of nitrogens with one attached hydrogen (secondary N) is 1. The van der Waals surface area contributed by atoms with E-state index in [-0.39, 0.29) is 18.3 Å². The molecule has 24 heavy (non-hydrogen) atoms. The number of amides is 1. The third kappa shape index (κ3) is 4.85. The Morgan fingerprint density at radius 3 is 2.58 bits per heavy atom. The van der Waals surface area contributed by atoms with E-state index in [0.29, 0.717) is 16.9 Å². The van der Waals surface area contributed by atoms with Crippen molar-refractivity contribution in [3.05, 3.63) is 34.9 Å². The fourth-order valence-corrected chi connectivity index (χ4v) is 3.82. The van der Waals surface area contributed by atoms with Crippen molar-refractivity contribution >= 4 is 29.9 Å². The summed E-state index contributed by atoms with van der Waals surface area (Å²) in [5.41, 5.74) is 1.31. The average molecular weight is 372 g/mol. The summed E-state index contributed by atoms with van der Waals surface area (Å²) in [5, 5.41) is 4.14. The van der Waals surface area contributed by atoms with Crippen molar-refractivity contribution in [2.24, 2.45) is 5.41 Å². The third-order valence-electron chi connectivity index (χ3n) is 5.09. The highest BCUT2D eigenvalue weighted by Crippen LogP contribution is 2.26. The number of halogens is 2. The highest BCUT2D eigenvalue weighted by molar-refractivity contribution is 6.31. The van der Waals surface area contributed by atoms with Crippen molar-refractivity contribution in [2.75, 3.05) is 45.8 Å². The lowest BCUT2D eigenvalue weighted by Crippen LogP contribution is -2.51. The number of carbonyl (C=O) groups is 1. The highest BCUT2D eigenvalue weighted by Gasteiger charge is 2.32. The zero-order valence-corrected chi connectivity index (χ0v) is 15.8. The number of hydrogen-bond donors (Lipinski definition) is 1. The molecule has 0 spiro atoms. The molecule has 6 heteroatoms. The summed E-state index contributed by atoms with van der Waals surface area (Å²) < 4.78 is 0. The first-order valence-corrected chi connectivity index (χ1v) is 8.88. The van der Waals surface area contributed by atoms with E-state index in [1.807, 2.05) is 29.2 Å². The van der Waals surface area contributed by atoms with Crippen LogP contribution < -0.4 is 5.32 Å².